The van der Waals surface area contributed by atoms with Gasteiger partial charge < -0.3 is 9.64 Å². The Balaban J connectivity index is 2.38. The zero-order valence-electron chi connectivity index (χ0n) is 9.07. The Kier molecular flexibility index (Phi) is 4.34. The largest absolute Gasteiger partial charge is 0.469 e. The summed E-state index contributed by atoms with van der Waals surface area (Å²) in [5.41, 5.74) is 0. The van der Waals surface area contributed by atoms with Crippen LogP contribution < -0.4 is 0 Å². The summed E-state index contributed by atoms with van der Waals surface area (Å²) in [7, 11) is 1.40. The molecule has 4 heteroatoms. The van der Waals surface area contributed by atoms with Crippen molar-refractivity contribution in [3.63, 3.8) is 0 Å². The van der Waals surface area contributed by atoms with Crippen LogP contribution >= 0.6 is 0 Å². The molecule has 1 aliphatic heterocycles. The Morgan fingerprint density at radius 3 is 2.53 bits per heavy atom. The van der Waals surface area contributed by atoms with Crippen LogP contribution in [0.5, 0.6) is 0 Å². The zero-order chi connectivity index (χ0) is 11.3. The van der Waals surface area contributed by atoms with E-state index in [1.54, 1.807) is 11.0 Å². The summed E-state index contributed by atoms with van der Waals surface area (Å²) < 4.78 is 4.67. The molecule has 1 rings (SSSR count). The Morgan fingerprint density at radius 1 is 1.47 bits per heavy atom. The molecule has 0 radical (unpaired) electrons. The maximum atomic E-state index is 11.5. The van der Waals surface area contributed by atoms with Crippen molar-refractivity contribution in [1.82, 2.24) is 4.90 Å². The molecule has 15 heavy (non-hydrogen) atoms. The average molecular weight is 211 g/mol. The minimum Gasteiger partial charge on any atom is -0.469 e. The lowest BCUT2D eigenvalue weighted by molar-refractivity contribution is -0.148. The lowest BCUT2D eigenvalue weighted by Crippen LogP contribution is -2.40. The highest BCUT2D eigenvalue weighted by atomic mass is 16.5. The fourth-order valence-corrected chi connectivity index (χ4v) is 1.78. The predicted molar refractivity (Wildman–Crippen MR) is 56.1 cm³/mol. The molecule has 84 valence electrons. The van der Waals surface area contributed by atoms with E-state index in [4.69, 9.17) is 0 Å². The number of rotatable bonds is 3. The normalized spacial score (nSPS) is 17.3. The number of methoxy groups -OCH3 is 1. The highest BCUT2D eigenvalue weighted by molar-refractivity contribution is 5.78. The number of amides is 1. The summed E-state index contributed by atoms with van der Waals surface area (Å²) in [6.45, 7) is 4.82. The van der Waals surface area contributed by atoms with Crippen LogP contribution in [0.25, 0.3) is 0 Å². The van der Waals surface area contributed by atoms with Crippen molar-refractivity contribution in [1.29, 1.82) is 0 Å². The molecule has 0 spiro atoms. The van der Waals surface area contributed by atoms with Crippen LogP contribution in [0.3, 0.4) is 0 Å². The Hall–Kier alpha value is -1.32. The topological polar surface area (TPSA) is 46.6 Å². The maximum absolute atomic E-state index is 11.5. The van der Waals surface area contributed by atoms with Crippen LogP contribution in [-0.2, 0) is 14.3 Å². The van der Waals surface area contributed by atoms with E-state index in [2.05, 4.69) is 11.3 Å². The number of carbonyl (C=O) groups excluding carboxylic acids is 2. The van der Waals surface area contributed by atoms with Crippen LogP contribution in [0.4, 0.5) is 0 Å². The smallest absolute Gasteiger partial charge is 0.308 e. The summed E-state index contributed by atoms with van der Waals surface area (Å²) in [6, 6.07) is 0. The molecule has 0 aromatic carbocycles. The lowest BCUT2D eigenvalue weighted by atomic mass is 9.97. The molecule has 0 saturated carbocycles. The third-order valence-electron chi connectivity index (χ3n) is 2.70. The Bertz CT molecular complexity index is 255. The van der Waals surface area contributed by atoms with Gasteiger partial charge in [0, 0.05) is 19.5 Å². The van der Waals surface area contributed by atoms with Crippen molar-refractivity contribution in [3.05, 3.63) is 12.7 Å². The van der Waals surface area contributed by atoms with E-state index in [0.717, 1.165) is 0 Å². The van der Waals surface area contributed by atoms with Crippen molar-refractivity contribution in [3.8, 4) is 0 Å². The summed E-state index contributed by atoms with van der Waals surface area (Å²) in [5, 5.41) is 0. The predicted octanol–water partition coefficient (Wildman–Crippen LogP) is 0.974. The molecule has 4 nitrogen and oxygen atoms in total. The SMILES string of the molecule is C=CCC(=O)N1CCC(C(=O)OC)CC1. The molecule has 1 fully saturated rings. The second kappa shape index (κ2) is 5.53. The molecule has 0 unspecified atom stereocenters. The van der Waals surface area contributed by atoms with E-state index in [1.165, 1.54) is 7.11 Å². The van der Waals surface area contributed by atoms with E-state index in [0.29, 0.717) is 32.4 Å². The first kappa shape index (κ1) is 11.8. The highest BCUT2D eigenvalue weighted by Gasteiger charge is 2.27. The minimum absolute atomic E-state index is 0.0391. The number of piperidine rings is 1. The number of hydrogen-bond donors (Lipinski definition) is 0. The highest BCUT2D eigenvalue weighted by Crippen LogP contribution is 2.18. The van der Waals surface area contributed by atoms with Crippen molar-refractivity contribution in [2.24, 2.45) is 5.92 Å². The van der Waals surface area contributed by atoms with Gasteiger partial charge in [-0.25, -0.2) is 0 Å². The number of esters is 1. The fraction of sp³-hybridized carbons (Fsp3) is 0.636. The van der Waals surface area contributed by atoms with E-state index in [1.807, 2.05) is 0 Å². The van der Waals surface area contributed by atoms with Crippen LogP contribution in [0.15, 0.2) is 12.7 Å². The molecular formula is C11H17NO3. The van der Waals surface area contributed by atoms with E-state index in [-0.39, 0.29) is 17.8 Å². The quantitative estimate of drug-likeness (QED) is 0.516. The first-order valence-electron chi connectivity index (χ1n) is 5.15. The third-order valence-corrected chi connectivity index (χ3v) is 2.70. The molecule has 0 aromatic heterocycles. The van der Waals surface area contributed by atoms with Crippen molar-refractivity contribution >= 4 is 11.9 Å². The van der Waals surface area contributed by atoms with Crippen LogP contribution in [0.2, 0.25) is 0 Å². The van der Waals surface area contributed by atoms with Gasteiger partial charge >= 0.3 is 5.97 Å². The molecule has 0 atom stereocenters. The molecule has 1 aliphatic rings. The van der Waals surface area contributed by atoms with Crippen LogP contribution in [0, 0.1) is 5.92 Å². The summed E-state index contributed by atoms with van der Waals surface area (Å²) in [4.78, 5) is 24.5. The Labute approximate surface area is 89.9 Å². The van der Waals surface area contributed by atoms with Crippen molar-refractivity contribution in [2.45, 2.75) is 19.3 Å². The van der Waals surface area contributed by atoms with Gasteiger partial charge in [-0.1, -0.05) is 6.08 Å². The second-order valence-corrected chi connectivity index (χ2v) is 3.67. The average Bonchev–Trinajstić information content (AvgIpc) is 2.28. The number of likely N-dealkylation sites (tertiary alicyclic amines) is 1. The standard InChI is InChI=1S/C11H17NO3/c1-3-4-10(13)12-7-5-9(6-8-12)11(14)15-2/h3,9H,1,4-8H2,2H3. The summed E-state index contributed by atoms with van der Waals surface area (Å²) >= 11 is 0. The lowest BCUT2D eigenvalue weighted by Gasteiger charge is -2.30. The van der Waals surface area contributed by atoms with Crippen molar-refractivity contribution < 1.29 is 14.3 Å². The first-order chi connectivity index (χ1) is 7.19. The Morgan fingerprint density at radius 2 is 2.07 bits per heavy atom. The van der Waals surface area contributed by atoms with Crippen LogP contribution in [-0.4, -0.2) is 37.0 Å². The number of carbonyl (C=O) groups is 2. The second-order valence-electron chi connectivity index (χ2n) is 3.67. The number of ether oxygens (including phenoxy) is 1. The minimum atomic E-state index is -0.161. The summed E-state index contributed by atoms with van der Waals surface area (Å²) in [6.07, 6.45) is 3.39. The number of nitrogens with zero attached hydrogens (tertiary/aromatic N) is 1. The van der Waals surface area contributed by atoms with Gasteiger partial charge in [-0.2, -0.15) is 0 Å². The molecular weight excluding hydrogens is 194 g/mol. The number of hydrogen-bond acceptors (Lipinski definition) is 3. The van der Waals surface area contributed by atoms with Gasteiger partial charge in [-0.3, -0.25) is 9.59 Å². The maximum Gasteiger partial charge on any atom is 0.308 e. The van der Waals surface area contributed by atoms with Gasteiger partial charge in [0.2, 0.25) is 5.91 Å². The van der Waals surface area contributed by atoms with Gasteiger partial charge in [-0.15, -0.1) is 6.58 Å². The van der Waals surface area contributed by atoms with Gasteiger partial charge in [-0.05, 0) is 12.8 Å². The van der Waals surface area contributed by atoms with Crippen molar-refractivity contribution in [2.75, 3.05) is 20.2 Å². The molecule has 0 N–H and O–H groups in total. The molecule has 1 amide bonds. The van der Waals surface area contributed by atoms with Crippen LogP contribution in [0.1, 0.15) is 19.3 Å². The van der Waals surface area contributed by atoms with E-state index in [9.17, 15) is 9.59 Å². The summed E-state index contributed by atoms with van der Waals surface area (Å²) in [5.74, 6) is -0.109. The monoisotopic (exact) mass is 211 g/mol. The van der Waals surface area contributed by atoms with Gasteiger partial charge in [0.05, 0.1) is 13.0 Å². The van der Waals surface area contributed by atoms with E-state index < -0.39 is 0 Å². The van der Waals surface area contributed by atoms with Gasteiger partial charge in [0.15, 0.2) is 0 Å². The van der Waals surface area contributed by atoms with E-state index >= 15 is 0 Å². The third kappa shape index (κ3) is 3.08. The molecule has 0 aliphatic carbocycles. The zero-order valence-corrected chi connectivity index (χ0v) is 9.07. The van der Waals surface area contributed by atoms with Gasteiger partial charge in [0.25, 0.3) is 0 Å². The van der Waals surface area contributed by atoms with Gasteiger partial charge in [0.1, 0.15) is 0 Å². The molecule has 0 bridgehead atoms. The molecule has 0 aromatic rings. The first-order valence-corrected chi connectivity index (χ1v) is 5.15. The molecule has 1 saturated heterocycles. The fourth-order valence-electron chi connectivity index (χ4n) is 1.78. The molecule has 1 heterocycles.